The van der Waals surface area contributed by atoms with E-state index in [1.54, 1.807) is 15.5 Å². The molecule has 0 aliphatic carbocycles. The van der Waals surface area contributed by atoms with Crippen molar-refractivity contribution in [2.45, 2.75) is 91.9 Å². The Kier molecular flexibility index (Phi) is 10.8. The number of carbonyl (C=O) groups is 3. The molecule has 1 aliphatic rings. The van der Waals surface area contributed by atoms with Gasteiger partial charge in [-0.15, -0.1) is 5.10 Å². The van der Waals surface area contributed by atoms with Crippen molar-refractivity contribution in [3.05, 3.63) is 60.3 Å². The minimum atomic E-state index is -0.731. The van der Waals surface area contributed by atoms with E-state index in [4.69, 9.17) is 19.6 Å². The van der Waals surface area contributed by atoms with E-state index in [1.807, 2.05) is 85.9 Å². The normalized spacial score (nSPS) is 14.2. The smallest absolute Gasteiger partial charge is 0.416 e. The van der Waals surface area contributed by atoms with E-state index in [2.05, 4.69) is 17.2 Å². The zero-order valence-electron chi connectivity index (χ0n) is 28.9. The molecule has 0 spiro atoms. The molecular formula is C35H49N7O5. The van der Waals surface area contributed by atoms with Gasteiger partial charge in [0.2, 0.25) is 5.91 Å². The Morgan fingerprint density at radius 2 is 1.74 bits per heavy atom. The number of likely N-dealkylation sites (tertiary alicyclic amines) is 1. The van der Waals surface area contributed by atoms with Crippen LogP contribution < -0.4 is 15.5 Å². The molecule has 3 aromatic rings. The summed E-state index contributed by atoms with van der Waals surface area (Å²) in [6.07, 6.45) is 3.97. The van der Waals surface area contributed by atoms with Gasteiger partial charge in [0, 0.05) is 37.1 Å². The summed E-state index contributed by atoms with van der Waals surface area (Å²) < 4.78 is 13.1. The van der Waals surface area contributed by atoms with Crippen LogP contribution >= 0.6 is 0 Å². The number of rotatable bonds is 9. The SMILES string of the molecule is C=CC(=O)Nc1cccc(CN(C(=O)OC(C)(C)C)c2nn3ccc(NCC4CCN(C(=O)OC(C)(C)C)CC4)nc3c2C(C)C)c1. The quantitative estimate of drug-likeness (QED) is 0.238. The van der Waals surface area contributed by atoms with Gasteiger partial charge in [-0.3, -0.25) is 9.69 Å². The third-order valence-corrected chi connectivity index (χ3v) is 7.51. The van der Waals surface area contributed by atoms with Gasteiger partial charge in [-0.1, -0.05) is 32.6 Å². The summed E-state index contributed by atoms with van der Waals surface area (Å²) in [4.78, 5) is 46.3. The maximum atomic E-state index is 13.7. The second kappa shape index (κ2) is 14.4. The Morgan fingerprint density at radius 1 is 1.06 bits per heavy atom. The van der Waals surface area contributed by atoms with Crippen LogP contribution in [0.4, 0.5) is 26.9 Å². The van der Waals surface area contributed by atoms with Crippen molar-refractivity contribution in [2.24, 2.45) is 5.92 Å². The zero-order valence-corrected chi connectivity index (χ0v) is 28.9. The summed E-state index contributed by atoms with van der Waals surface area (Å²) in [7, 11) is 0. The Bertz CT molecular complexity index is 1590. The van der Waals surface area contributed by atoms with Crippen molar-refractivity contribution < 1.29 is 23.9 Å². The molecule has 1 aromatic carbocycles. The predicted octanol–water partition coefficient (Wildman–Crippen LogP) is 6.98. The summed E-state index contributed by atoms with van der Waals surface area (Å²) in [5.74, 6) is 1.19. The molecule has 3 amide bonds. The summed E-state index contributed by atoms with van der Waals surface area (Å²) in [5, 5.41) is 11.1. The number of anilines is 3. The van der Waals surface area contributed by atoms with Gasteiger partial charge >= 0.3 is 12.2 Å². The number of hydrogen-bond acceptors (Lipinski definition) is 8. The van der Waals surface area contributed by atoms with Crippen LogP contribution in [-0.4, -0.2) is 68.4 Å². The number of benzene rings is 1. The van der Waals surface area contributed by atoms with Crippen LogP contribution in [0.15, 0.2) is 49.2 Å². The molecule has 3 heterocycles. The van der Waals surface area contributed by atoms with Crippen molar-refractivity contribution in [2.75, 3.05) is 35.2 Å². The molecule has 12 heteroatoms. The van der Waals surface area contributed by atoms with E-state index in [9.17, 15) is 14.4 Å². The number of carbonyl (C=O) groups excluding carboxylic acids is 3. The Hall–Kier alpha value is -4.61. The van der Waals surface area contributed by atoms with Crippen molar-refractivity contribution in [3.63, 3.8) is 0 Å². The highest BCUT2D eigenvalue weighted by atomic mass is 16.6. The second-order valence-electron chi connectivity index (χ2n) is 14.2. The van der Waals surface area contributed by atoms with E-state index in [0.29, 0.717) is 48.5 Å². The molecule has 254 valence electrons. The third kappa shape index (κ3) is 9.69. The largest absolute Gasteiger partial charge is 0.444 e. The molecule has 1 fully saturated rings. The first kappa shape index (κ1) is 35.2. The molecule has 0 atom stereocenters. The number of piperidine rings is 1. The molecule has 0 saturated carbocycles. The van der Waals surface area contributed by atoms with Crippen LogP contribution in [0.25, 0.3) is 5.65 Å². The van der Waals surface area contributed by atoms with Gasteiger partial charge in [-0.25, -0.2) is 19.1 Å². The Labute approximate surface area is 277 Å². The van der Waals surface area contributed by atoms with Crippen molar-refractivity contribution >= 4 is 41.1 Å². The maximum absolute atomic E-state index is 13.7. The van der Waals surface area contributed by atoms with Gasteiger partial charge in [-0.2, -0.15) is 0 Å². The summed E-state index contributed by atoms with van der Waals surface area (Å²) in [5.41, 5.74) is 1.56. The van der Waals surface area contributed by atoms with Gasteiger partial charge < -0.3 is 25.0 Å². The van der Waals surface area contributed by atoms with Gasteiger partial charge in [0.15, 0.2) is 11.5 Å². The topological polar surface area (TPSA) is 130 Å². The van der Waals surface area contributed by atoms with Crippen LogP contribution in [0, 0.1) is 5.92 Å². The highest BCUT2D eigenvalue weighted by molar-refractivity contribution is 5.99. The monoisotopic (exact) mass is 647 g/mol. The molecule has 12 nitrogen and oxygen atoms in total. The average Bonchev–Trinajstić information content (AvgIpc) is 3.36. The summed E-state index contributed by atoms with van der Waals surface area (Å²) in [6, 6.07) is 9.14. The van der Waals surface area contributed by atoms with Crippen LogP contribution in [0.1, 0.15) is 85.3 Å². The van der Waals surface area contributed by atoms with Gasteiger partial charge in [0.1, 0.15) is 17.0 Å². The van der Waals surface area contributed by atoms with Crippen LogP contribution in [0.2, 0.25) is 0 Å². The van der Waals surface area contributed by atoms with Gasteiger partial charge in [0.25, 0.3) is 0 Å². The molecular weight excluding hydrogens is 598 g/mol. The van der Waals surface area contributed by atoms with E-state index < -0.39 is 17.3 Å². The van der Waals surface area contributed by atoms with Crippen LogP contribution in [0.3, 0.4) is 0 Å². The Balaban J connectivity index is 1.57. The molecule has 0 bridgehead atoms. The molecule has 2 N–H and O–H groups in total. The fourth-order valence-corrected chi connectivity index (χ4v) is 5.31. The number of hydrogen-bond donors (Lipinski definition) is 2. The van der Waals surface area contributed by atoms with E-state index in [1.165, 1.54) is 11.0 Å². The number of nitrogens with zero attached hydrogens (tertiary/aromatic N) is 5. The lowest BCUT2D eigenvalue weighted by Crippen LogP contribution is -2.42. The number of amides is 3. The number of aromatic nitrogens is 3. The Morgan fingerprint density at radius 3 is 2.36 bits per heavy atom. The molecule has 4 rings (SSSR count). The van der Waals surface area contributed by atoms with Gasteiger partial charge in [-0.05, 0) is 96.1 Å². The first-order valence-corrected chi connectivity index (χ1v) is 16.2. The molecule has 0 radical (unpaired) electrons. The highest BCUT2D eigenvalue weighted by Gasteiger charge is 2.31. The summed E-state index contributed by atoms with van der Waals surface area (Å²) in [6.45, 7) is 20.9. The van der Waals surface area contributed by atoms with Gasteiger partial charge in [0.05, 0.1) is 6.54 Å². The first-order chi connectivity index (χ1) is 22.0. The lowest BCUT2D eigenvalue weighted by molar-refractivity contribution is -0.111. The maximum Gasteiger partial charge on any atom is 0.416 e. The fourth-order valence-electron chi connectivity index (χ4n) is 5.31. The predicted molar refractivity (Wildman–Crippen MR) is 184 cm³/mol. The first-order valence-electron chi connectivity index (χ1n) is 16.2. The van der Waals surface area contributed by atoms with Crippen LogP contribution in [-0.2, 0) is 20.8 Å². The lowest BCUT2D eigenvalue weighted by Gasteiger charge is -2.33. The standard InChI is InChI=1S/C35H49N7O5/c1-10-28(43)37-26-13-11-12-25(20-26)22-41(33(45)47-35(7,8)9)31-29(23(2)3)30-38-27(16-19-42(30)39-31)36-21-24-14-17-40(18-15-24)32(44)46-34(4,5)6/h10-13,16,19-20,23-24H,1,14-15,17-18,21-22H2,2-9H3,(H,36,38)(H,37,43). The minimum Gasteiger partial charge on any atom is -0.444 e. The lowest BCUT2D eigenvalue weighted by atomic mass is 9.97. The number of fused-ring (bicyclic) bond motifs is 1. The van der Waals surface area contributed by atoms with E-state index >= 15 is 0 Å². The van der Waals surface area contributed by atoms with Crippen molar-refractivity contribution in [1.82, 2.24) is 19.5 Å². The fraction of sp³-hybridized carbons (Fsp3) is 0.514. The zero-order chi connectivity index (χ0) is 34.5. The highest BCUT2D eigenvalue weighted by Crippen LogP contribution is 2.33. The van der Waals surface area contributed by atoms with Crippen molar-refractivity contribution in [1.29, 1.82) is 0 Å². The minimum absolute atomic E-state index is 0.0226. The molecule has 2 aromatic heterocycles. The molecule has 1 saturated heterocycles. The third-order valence-electron chi connectivity index (χ3n) is 7.51. The molecule has 1 aliphatic heterocycles. The van der Waals surface area contributed by atoms with Crippen LogP contribution in [0.5, 0.6) is 0 Å². The van der Waals surface area contributed by atoms with Crippen molar-refractivity contribution in [3.8, 4) is 0 Å². The molecule has 0 unspecified atom stereocenters. The second-order valence-corrected chi connectivity index (χ2v) is 14.2. The number of ether oxygens (including phenoxy) is 2. The summed E-state index contributed by atoms with van der Waals surface area (Å²) >= 11 is 0. The average molecular weight is 648 g/mol. The van der Waals surface area contributed by atoms with E-state index in [0.717, 1.165) is 24.0 Å². The van der Waals surface area contributed by atoms with E-state index in [-0.39, 0.29) is 24.5 Å². The number of nitrogens with one attached hydrogen (secondary N) is 2. The molecule has 47 heavy (non-hydrogen) atoms.